The van der Waals surface area contributed by atoms with Gasteiger partial charge in [0.1, 0.15) is 5.75 Å². The van der Waals surface area contributed by atoms with Gasteiger partial charge in [-0.25, -0.2) is 4.98 Å². The predicted octanol–water partition coefficient (Wildman–Crippen LogP) is 2.89. The van der Waals surface area contributed by atoms with E-state index in [1.54, 1.807) is 6.33 Å². The van der Waals surface area contributed by atoms with Crippen molar-refractivity contribution in [3.63, 3.8) is 0 Å². The van der Waals surface area contributed by atoms with Crippen LogP contribution in [-0.4, -0.2) is 22.5 Å². The van der Waals surface area contributed by atoms with Gasteiger partial charge in [-0.2, -0.15) is 0 Å². The van der Waals surface area contributed by atoms with Crippen LogP contribution in [-0.2, 0) is 4.79 Å². The molecule has 3 rings (SSSR count). The van der Waals surface area contributed by atoms with Gasteiger partial charge < -0.3 is 15.0 Å². The summed E-state index contributed by atoms with van der Waals surface area (Å²) in [7, 11) is 0. The van der Waals surface area contributed by atoms with E-state index in [0.717, 1.165) is 16.6 Å². The zero-order valence-corrected chi connectivity index (χ0v) is 11.6. The number of ether oxygens (including phenoxy) is 1. The normalized spacial score (nSPS) is 10.5. The first-order valence-electron chi connectivity index (χ1n) is 6.63. The Labute approximate surface area is 122 Å². The maximum absolute atomic E-state index is 11.9. The molecule has 0 saturated heterocycles. The lowest BCUT2D eigenvalue weighted by Gasteiger charge is -2.08. The minimum Gasteiger partial charge on any atom is -0.484 e. The number of rotatable bonds is 4. The minimum absolute atomic E-state index is 0.0233. The Hall–Kier alpha value is -2.82. The highest BCUT2D eigenvalue weighted by Gasteiger charge is 2.05. The van der Waals surface area contributed by atoms with Gasteiger partial charge >= 0.3 is 0 Å². The number of carbonyl (C=O) groups is 1. The topological polar surface area (TPSA) is 67.0 Å². The molecule has 1 amide bonds. The van der Waals surface area contributed by atoms with Crippen LogP contribution in [0.4, 0.5) is 5.69 Å². The van der Waals surface area contributed by atoms with Crippen LogP contribution < -0.4 is 10.1 Å². The van der Waals surface area contributed by atoms with Crippen molar-refractivity contribution in [2.45, 2.75) is 6.92 Å². The van der Waals surface area contributed by atoms with Crippen LogP contribution in [0, 0.1) is 6.92 Å². The number of hydrogen-bond donors (Lipinski definition) is 2. The molecule has 5 heteroatoms. The first kappa shape index (κ1) is 13.2. The van der Waals surface area contributed by atoms with Crippen LogP contribution >= 0.6 is 0 Å². The zero-order valence-electron chi connectivity index (χ0n) is 11.6. The smallest absolute Gasteiger partial charge is 0.262 e. The summed E-state index contributed by atoms with van der Waals surface area (Å²) >= 11 is 0. The molecule has 0 aliphatic carbocycles. The number of fused-ring (bicyclic) bond motifs is 1. The molecule has 1 heterocycles. The molecule has 0 aliphatic rings. The van der Waals surface area contributed by atoms with E-state index in [0.29, 0.717) is 11.4 Å². The summed E-state index contributed by atoms with van der Waals surface area (Å²) in [6, 6.07) is 13.1. The molecule has 21 heavy (non-hydrogen) atoms. The molecule has 0 saturated carbocycles. The van der Waals surface area contributed by atoms with Crippen molar-refractivity contribution in [3.05, 3.63) is 54.4 Å². The highest BCUT2D eigenvalue weighted by Crippen LogP contribution is 2.16. The fraction of sp³-hybridized carbons (Fsp3) is 0.125. The number of benzene rings is 2. The van der Waals surface area contributed by atoms with E-state index in [1.165, 1.54) is 0 Å². The molecule has 5 nitrogen and oxygen atoms in total. The van der Waals surface area contributed by atoms with E-state index in [2.05, 4.69) is 15.3 Å². The Morgan fingerprint density at radius 3 is 3.05 bits per heavy atom. The van der Waals surface area contributed by atoms with Gasteiger partial charge in [0, 0.05) is 5.69 Å². The molecule has 0 aliphatic heterocycles. The van der Waals surface area contributed by atoms with Crippen LogP contribution in [0.3, 0.4) is 0 Å². The van der Waals surface area contributed by atoms with Crippen molar-refractivity contribution in [2.24, 2.45) is 0 Å². The van der Waals surface area contributed by atoms with Crippen LogP contribution in [0.1, 0.15) is 5.56 Å². The Balaban J connectivity index is 1.60. The summed E-state index contributed by atoms with van der Waals surface area (Å²) in [5.74, 6) is 0.490. The van der Waals surface area contributed by atoms with Crippen molar-refractivity contribution >= 4 is 22.6 Å². The molecule has 3 aromatic rings. The molecule has 0 atom stereocenters. The highest BCUT2D eigenvalue weighted by atomic mass is 16.5. The average molecular weight is 281 g/mol. The van der Waals surface area contributed by atoms with Crippen LogP contribution in [0.2, 0.25) is 0 Å². The van der Waals surface area contributed by atoms with Crippen LogP contribution in [0.15, 0.2) is 48.8 Å². The molecule has 2 aromatic carbocycles. The summed E-state index contributed by atoms with van der Waals surface area (Å²) in [5.41, 5.74) is 3.55. The van der Waals surface area contributed by atoms with Gasteiger partial charge in [0.15, 0.2) is 6.61 Å². The fourth-order valence-electron chi connectivity index (χ4n) is 2.06. The second-order valence-electron chi connectivity index (χ2n) is 4.79. The quantitative estimate of drug-likeness (QED) is 0.772. The van der Waals surface area contributed by atoms with Crippen molar-refractivity contribution < 1.29 is 9.53 Å². The maximum atomic E-state index is 11.9. The van der Waals surface area contributed by atoms with Gasteiger partial charge in [-0.05, 0) is 42.8 Å². The number of hydrogen-bond acceptors (Lipinski definition) is 3. The highest BCUT2D eigenvalue weighted by molar-refractivity contribution is 5.93. The Bertz CT molecular complexity index is 780. The number of nitrogens with one attached hydrogen (secondary N) is 2. The fourth-order valence-corrected chi connectivity index (χ4v) is 2.06. The first-order chi connectivity index (χ1) is 10.2. The molecule has 0 radical (unpaired) electrons. The van der Waals surface area contributed by atoms with Gasteiger partial charge in [0.25, 0.3) is 5.91 Å². The Morgan fingerprint density at radius 2 is 2.19 bits per heavy atom. The summed E-state index contributed by atoms with van der Waals surface area (Å²) in [5, 5.41) is 2.80. The Kier molecular flexibility index (Phi) is 3.55. The van der Waals surface area contributed by atoms with E-state index in [9.17, 15) is 4.79 Å². The average Bonchev–Trinajstić information content (AvgIpc) is 2.93. The molecule has 2 N–H and O–H groups in total. The first-order valence-corrected chi connectivity index (χ1v) is 6.63. The van der Waals surface area contributed by atoms with Gasteiger partial charge in [-0.3, -0.25) is 4.79 Å². The maximum Gasteiger partial charge on any atom is 0.262 e. The van der Waals surface area contributed by atoms with Gasteiger partial charge in [-0.1, -0.05) is 12.1 Å². The van der Waals surface area contributed by atoms with Crippen LogP contribution in [0.25, 0.3) is 11.0 Å². The number of amides is 1. The largest absolute Gasteiger partial charge is 0.484 e. The van der Waals surface area contributed by atoms with E-state index in [-0.39, 0.29) is 12.5 Å². The monoisotopic (exact) mass is 281 g/mol. The van der Waals surface area contributed by atoms with Crippen LogP contribution in [0.5, 0.6) is 5.75 Å². The number of H-pyrrole nitrogens is 1. The predicted molar refractivity (Wildman–Crippen MR) is 81.4 cm³/mol. The summed E-state index contributed by atoms with van der Waals surface area (Å²) in [4.78, 5) is 19.0. The molecular formula is C16H15N3O2. The van der Waals surface area contributed by atoms with Crippen molar-refractivity contribution in [1.82, 2.24) is 9.97 Å². The SMILES string of the molecule is Cc1cccc(OCC(=O)Nc2ccc3nc[nH]c3c2)c1. The lowest BCUT2D eigenvalue weighted by molar-refractivity contribution is -0.118. The van der Waals surface area contributed by atoms with Crippen molar-refractivity contribution in [2.75, 3.05) is 11.9 Å². The molecule has 0 spiro atoms. The summed E-state index contributed by atoms with van der Waals surface area (Å²) in [6.07, 6.45) is 1.62. The minimum atomic E-state index is -0.199. The van der Waals surface area contributed by atoms with Gasteiger partial charge in [0.05, 0.1) is 17.4 Å². The van der Waals surface area contributed by atoms with Gasteiger partial charge in [-0.15, -0.1) is 0 Å². The number of anilines is 1. The van der Waals surface area contributed by atoms with Gasteiger partial charge in [0.2, 0.25) is 0 Å². The van der Waals surface area contributed by atoms with E-state index >= 15 is 0 Å². The molecule has 1 aromatic heterocycles. The van der Waals surface area contributed by atoms with E-state index in [1.807, 2.05) is 49.4 Å². The number of aromatic amines is 1. The standard InChI is InChI=1S/C16H15N3O2/c1-11-3-2-4-13(7-11)21-9-16(20)19-12-5-6-14-15(8-12)18-10-17-14/h2-8,10H,9H2,1H3,(H,17,18)(H,19,20). The third-order valence-electron chi connectivity index (χ3n) is 3.06. The summed E-state index contributed by atoms with van der Waals surface area (Å²) in [6.45, 7) is 1.96. The molecule has 0 fully saturated rings. The lowest BCUT2D eigenvalue weighted by Crippen LogP contribution is -2.20. The third kappa shape index (κ3) is 3.20. The molecular weight excluding hydrogens is 266 g/mol. The van der Waals surface area contributed by atoms with Crippen molar-refractivity contribution in [1.29, 1.82) is 0 Å². The second kappa shape index (κ2) is 5.66. The zero-order chi connectivity index (χ0) is 14.7. The van der Waals surface area contributed by atoms with E-state index in [4.69, 9.17) is 4.74 Å². The third-order valence-corrected chi connectivity index (χ3v) is 3.06. The van der Waals surface area contributed by atoms with Crippen molar-refractivity contribution in [3.8, 4) is 5.75 Å². The number of nitrogens with zero attached hydrogens (tertiary/aromatic N) is 1. The Morgan fingerprint density at radius 1 is 1.29 bits per heavy atom. The number of aryl methyl sites for hydroxylation is 1. The molecule has 0 unspecified atom stereocenters. The van der Waals surface area contributed by atoms with E-state index < -0.39 is 0 Å². The molecule has 0 bridgehead atoms. The second-order valence-corrected chi connectivity index (χ2v) is 4.79. The lowest BCUT2D eigenvalue weighted by atomic mass is 10.2. The number of carbonyl (C=O) groups excluding carboxylic acids is 1. The number of imidazole rings is 1. The number of aromatic nitrogens is 2. The molecule has 106 valence electrons. The summed E-state index contributed by atoms with van der Waals surface area (Å²) < 4.78 is 5.46.